The van der Waals surface area contributed by atoms with Gasteiger partial charge in [-0.15, -0.1) is 0 Å². The maximum Gasteiger partial charge on any atom is 0.411 e. The van der Waals surface area contributed by atoms with Crippen LogP contribution in [-0.4, -0.2) is 47.9 Å². The Morgan fingerprint density at radius 1 is 1.06 bits per heavy atom. The maximum atomic E-state index is 13.4. The van der Waals surface area contributed by atoms with Crippen LogP contribution in [0.2, 0.25) is 0 Å². The standard InChI is InChI=1S/C26H34N2O5/c1-24(2,3)33-23(30)28-17-16-26(31-5,22(29)32-18-19-12-8-6-9-13-19)21(27)25(28,4)20-14-10-7-11-15-20/h6-15,21H,16-18,27H2,1-5H3. The Labute approximate surface area is 195 Å². The highest BCUT2D eigenvalue weighted by atomic mass is 16.6. The van der Waals surface area contributed by atoms with Gasteiger partial charge in [0, 0.05) is 20.1 Å². The van der Waals surface area contributed by atoms with E-state index in [9.17, 15) is 9.59 Å². The summed E-state index contributed by atoms with van der Waals surface area (Å²) in [6.07, 6.45) is -0.313. The fourth-order valence-corrected chi connectivity index (χ4v) is 4.38. The van der Waals surface area contributed by atoms with Crippen LogP contribution in [0.3, 0.4) is 0 Å². The highest BCUT2D eigenvalue weighted by Crippen LogP contribution is 2.44. The average molecular weight is 455 g/mol. The van der Waals surface area contributed by atoms with Crippen molar-refractivity contribution >= 4 is 12.1 Å². The molecule has 2 aromatic carbocycles. The lowest BCUT2D eigenvalue weighted by molar-refractivity contribution is -0.188. The van der Waals surface area contributed by atoms with Crippen molar-refractivity contribution in [2.24, 2.45) is 5.73 Å². The molecular formula is C26H34N2O5. The number of nitrogens with two attached hydrogens (primary N) is 1. The van der Waals surface area contributed by atoms with Gasteiger partial charge in [-0.3, -0.25) is 4.90 Å². The minimum Gasteiger partial charge on any atom is -0.459 e. The Kier molecular flexibility index (Phi) is 7.14. The molecule has 0 bridgehead atoms. The van der Waals surface area contributed by atoms with E-state index in [0.717, 1.165) is 11.1 Å². The normalized spacial score (nSPS) is 25.4. The van der Waals surface area contributed by atoms with E-state index >= 15 is 0 Å². The second-order valence-corrected chi connectivity index (χ2v) is 9.53. The smallest absolute Gasteiger partial charge is 0.411 e. The molecule has 7 nitrogen and oxygen atoms in total. The molecule has 1 saturated heterocycles. The van der Waals surface area contributed by atoms with Crippen LogP contribution in [0.1, 0.15) is 45.2 Å². The second-order valence-electron chi connectivity index (χ2n) is 9.53. The molecule has 0 radical (unpaired) electrons. The Hall–Kier alpha value is -2.90. The lowest BCUT2D eigenvalue weighted by Gasteiger charge is -2.55. The first-order valence-corrected chi connectivity index (χ1v) is 11.1. The number of likely N-dealkylation sites (tertiary alicyclic amines) is 1. The molecule has 1 aliphatic rings. The van der Waals surface area contributed by atoms with Crippen molar-refractivity contribution in [3.05, 3.63) is 71.8 Å². The van der Waals surface area contributed by atoms with Gasteiger partial charge in [-0.1, -0.05) is 60.7 Å². The summed E-state index contributed by atoms with van der Waals surface area (Å²) in [6, 6.07) is 17.9. The number of benzene rings is 2. The van der Waals surface area contributed by atoms with Crippen LogP contribution in [-0.2, 0) is 31.2 Å². The van der Waals surface area contributed by atoms with Crippen molar-refractivity contribution in [3.63, 3.8) is 0 Å². The van der Waals surface area contributed by atoms with Gasteiger partial charge in [0.1, 0.15) is 12.2 Å². The minimum absolute atomic E-state index is 0.106. The molecule has 33 heavy (non-hydrogen) atoms. The average Bonchev–Trinajstić information content (AvgIpc) is 2.79. The number of hydrogen-bond donors (Lipinski definition) is 1. The highest BCUT2D eigenvalue weighted by Gasteiger charge is 2.61. The Balaban J connectivity index is 1.97. The summed E-state index contributed by atoms with van der Waals surface area (Å²) >= 11 is 0. The molecule has 1 heterocycles. The first-order chi connectivity index (χ1) is 15.5. The molecule has 0 spiro atoms. The number of methoxy groups -OCH3 is 1. The third-order valence-corrected chi connectivity index (χ3v) is 6.27. The molecule has 3 rings (SSSR count). The second kappa shape index (κ2) is 9.53. The quantitative estimate of drug-likeness (QED) is 0.687. The molecule has 2 aromatic rings. The number of esters is 1. The number of nitrogens with zero attached hydrogens (tertiary/aromatic N) is 1. The third kappa shape index (κ3) is 4.89. The number of piperidine rings is 1. The van der Waals surface area contributed by atoms with E-state index in [-0.39, 0.29) is 19.6 Å². The monoisotopic (exact) mass is 454 g/mol. The van der Waals surface area contributed by atoms with Crippen LogP contribution in [0.15, 0.2) is 60.7 Å². The van der Waals surface area contributed by atoms with Crippen molar-refractivity contribution in [2.75, 3.05) is 13.7 Å². The van der Waals surface area contributed by atoms with Gasteiger partial charge in [0.15, 0.2) is 5.60 Å². The molecule has 0 aromatic heterocycles. The van der Waals surface area contributed by atoms with E-state index in [1.54, 1.807) is 4.90 Å². The zero-order valence-electron chi connectivity index (χ0n) is 20.0. The number of rotatable bonds is 5. The zero-order valence-corrected chi connectivity index (χ0v) is 20.0. The predicted octanol–water partition coefficient (Wildman–Crippen LogP) is 4.00. The lowest BCUT2D eigenvalue weighted by atomic mass is 9.70. The molecule has 1 fully saturated rings. The summed E-state index contributed by atoms with van der Waals surface area (Å²) in [6.45, 7) is 7.60. The van der Waals surface area contributed by atoms with Crippen LogP contribution in [0.25, 0.3) is 0 Å². The van der Waals surface area contributed by atoms with Crippen molar-refractivity contribution in [3.8, 4) is 0 Å². The van der Waals surface area contributed by atoms with Crippen molar-refractivity contribution in [2.45, 2.75) is 63.5 Å². The lowest BCUT2D eigenvalue weighted by Crippen LogP contribution is -2.73. The Morgan fingerprint density at radius 2 is 1.64 bits per heavy atom. The number of carbonyl (C=O) groups excluding carboxylic acids is 2. The molecule has 178 valence electrons. The molecule has 0 saturated carbocycles. The van der Waals surface area contributed by atoms with Gasteiger partial charge in [-0.2, -0.15) is 0 Å². The first-order valence-electron chi connectivity index (χ1n) is 11.1. The van der Waals surface area contributed by atoms with Crippen LogP contribution >= 0.6 is 0 Å². The van der Waals surface area contributed by atoms with Gasteiger partial charge in [-0.25, -0.2) is 9.59 Å². The van der Waals surface area contributed by atoms with E-state index in [0.29, 0.717) is 0 Å². The van der Waals surface area contributed by atoms with Crippen LogP contribution in [0, 0.1) is 0 Å². The van der Waals surface area contributed by atoms with Crippen LogP contribution in [0.5, 0.6) is 0 Å². The summed E-state index contributed by atoms with van der Waals surface area (Å²) in [4.78, 5) is 28.2. The van der Waals surface area contributed by atoms with Gasteiger partial charge >= 0.3 is 12.1 Å². The van der Waals surface area contributed by atoms with Gasteiger partial charge in [0.2, 0.25) is 0 Å². The fraction of sp³-hybridized carbons (Fsp3) is 0.462. The molecule has 1 aliphatic heterocycles. The van der Waals surface area contributed by atoms with Crippen molar-refractivity contribution < 1.29 is 23.8 Å². The Bertz CT molecular complexity index is 960. The third-order valence-electron chi connectivity index (χ3n) is 6.27. The molecule has 3 atom stereocenters. The summed E-state index contributed by atoms with van der Waals surface area (Å²) in [7, 11) is 1.46. The van der Waals surface area contributed by atoms with Gasteiger partial charge in [-0.05, 0) is 38.8 Å². The van der Waals surface area contributed by atoms with Gasteiger partial charge in [0.25, 0.3) is 0 Å². The van der Waals surface area contributed by atoms with E-state index in [2.05, 4.69) is 0 Å². The molecule has 3 unspecified atom stereocenters. The molecular weight excluding hydrogens is 420 g/mol. The topological polar surface area (TPSA) is 91.1 Å². The SMILES string of the molecule is COC1(C(=O)OCc2ccccc2)CCN(C(=O)OC(C)(C)C)C(C)(c2ccccc2)C1N. The van der Waals surface area contributed by atoms with E-state index in [4.69, 9.17) is 19.9 Å². The summed E-state index contributed by atoms with van der Waals surface area (Å²) in [5.41, 5.74) is 5.27. The minimum atomic E-state index is -1.43. The Morgan fingerprint density at radius 3 is 2.18 bits per heavy atom. The first kappa shape index (κ1) is 24.7. The van der Waals surface area contributed by atoms with Gasteiger partial charge in [0.05, 0.1) is 11.6 Å². The number of hydrogen-bond acceptors (Lipinski definition) is 6. The predicted molar refractivity (Wildman–Crippen MR) is 125 cm³/mol. The van der Waals surface area contributed by atoms with E-state index < -0.39 is 34.8 Å². The summed E-state index contributed by atoms with van der Waals surface area (Å²) in [5, 5.41) is 0. The summed E-state index contributed by atoms with van der Waals surface area (Å²) in [5.74, 6) is -0.549. The molecule has 1 amide bonds. The van der Waals surface area contributed by atoms with Crippen LogP contribution in [0.4, 0.5) is 4.79 Å². The zero-order chi connectivity index (χ0) is 24.3. The van der Waals surface area contributed by atoms with Crippen molar-refractivity contribution in [1.82, 2.24) is 4.90 Å². The fourth-order valence-electron chi connectivity index (χ4n) is 4.38. The largest absolute Gasteiger partial charge is 0.459 e. The van der Waals surface area contributed by atoms with Crippen molar-refractivity contribution in [1.29, 1.82) is 0 Å². The maximum absolute atomic E-state index is 13.4. The number of amides is 1. The summed E-state index contributed by atoms with van der Waals surface area (Å²) < 4.78 is 17.2. The van der Waals surface area contributed by atoms with Crippen LogP contribution < -0.4 is 5.73 Å². The van der Waals surface area contributed by atoms with Gasteiger partial charge < -0.3 is 19.9 Å². The number of ether oxygens (including phenoxy) is 3. The van der Waals surface area contributed by atoms with E-state index in [1.807, 2.05) is 88.4 Å². The molecule has 2 N–H and O–H groups in total. The molecule has 0 aliphatic carbocycles. The van der Waals surface area contributed by atoms with E-state index in [1.165, 1.54) is 7.11 Å². The highest BCUT2D eigenvalue weighted by molar-refractivity contribution is 5.82. The molecule has 7 heteroatoms. The number of carbonyl (C=O) groups is 2.